The van der Waals surface area contributed by atoms with Crippen LogP contribution in [0.1, 0.15) is 37.8 Å². The molecule has 0 heterocycles. The fourth-order valence-corrected chi connectivity index (χ4v) is 3.14. The minimum absolute atomic E-state index is 0.109. The second-order valence-corrected chi connectivity index (χ2v) is 7.78. The first-order valence-corrected chi connectivity index (χ1v) is 8.52. The lowest BCUT2D eigenvalue weighted by Crippen LogP contribution is -2.19. The minimum atomic E-state index is -3.17. The monoisotopic (exact) mass is 282 g/mol. The third-order valence-electron chi connectivity index (χ3n) is 2.99. The van der Waals surface area contributed by atoms with Gasteiger partial charge in [-0.3, -0.25) is 4.79 Å². The van der Waals surface area contributed by atoms with Crippen LogP contribution in [0.25, 0.3) is 0 Å². The van der Waals surface area contributed by atoms with E-state index in [1.807, 2.05) is 24.3 Å². The minimum Gasteiger partial charge on any atom is -0.299 e. The van der Waals surface area contributed by atoms with Gasteiger partial charge in [0.15, 0.2) is 0 Å². The van der Waals surface area contributed by atoms with Gasteiger partial charge in [-0.25, -0.2) is 8.42 Å². The Morgan fingerprint density at radius 1 is 1.16 bits per heavy atom. The predicted molar refractivity (Wildman–Crippen MR) is 78.1 cm³/mol. The van der Waals surface area contributed by atoms with E-state index < -0.39 is 15.8 Å². The molecule has 0 spiro atoms. The molecule has 0 aliphatic heterocycles. The molecule has 0 saturated carbocycles. The van der Waals surface area contributed by atoms with Crippen molar-refractivity contribution in [3.8, 4) is 0 Å². The number of carbonyl (C=O) groups is 1. The van der Waals surface area contributed by atoms with Crippen molar-refractivity contribution in [3.63, 3.8) is 0 Å². The van der Waals surface area contributed by atoms with Crippen LogP contribution in [-0.4, -0.2) is 26.2 Å². The van der Waals surface area contributed by atoms with Crippen LogP contribution in [0.2, 0.25) is 0 Å². The average molecular weight is 282 g/mol. The van der Waals surface area contributed by atoms with E-state index in [1.165, 1.54) is 12.5 Å². The standard InChI is InChI=1S/C15H22O3S/c1-11(2)9-13-5-7-14(8-6-13)15(12(3)16)10-19(4,17)18/h5-8,11,15H,9-10H2,1-4H3/t15-/m1/s1. The molecule has 0 aliphatic carbocycles. The molecule has 0 fully saturated rings. The van der Waals surface area contributed by atoms with Gasteiger partial charge in [0.25, 0.3) is 0 Å². The molecule has 1 aromatic rings. The highest BCUT2D eigenvalue weighted by Gasteiger charge is 2.21. The van der Waals surface area contributed by atoms with Gasteiger partial charge in [-0.05, 0) is 30.4 Å². The summed E-state index contributed by atoms with van der Waals surface area (Å²) < 4.78 is 22.8. The molecule has 19 heavy (non-hydrogen) atoms. The summed E-state index contributed by atoms with van der Waals surface area (Å²) in [5.74, 6) is -0.207. The Kier molecular flexibility index (Phi) is 5.29. The summed E-state index contributed by atoms with van der Waals surface area (Å²) in [7, 11) is -3.17. The van der Waals surface area contributed by atoms with Gasteiger partial charge < -0.3 is 0 Å². The molecule has 0 unspecified atom stereocenters. The van der Waals surface area contributed by atoms with Crippen LogP contribution in [0.5, 0.6) is 0 Å². The first kappa shape index (κ1) is 15.9. The Labute approximate surface area is 116 Å². The third-order valence-corrected chi connectivity index (χ3v) is 3.93. The zero-order valence-corrected chi connectivity index (χ0v) is 12.8. The van der Waals surface area contributed by atoms with Gasteiger partial charge in [0.05, 0.1) is 11.7 Å². The second kappa shape index (κ2) is 6.33. The van der Waals surface area contributed by atoms with E-state index >= 15 is 0 Å². The van der Waals surface area contributed by atoms with E-state index in [4.69, 9.17) is 0 Å². The van der Waals surface area contributed by atoms with Crippen LogP contribution >= 0.6 is 0 Å². The maximum Gasteiger partial charge on any atom is 0.148 e. The van der Waals surface area contributed by atoms with Crippen molar-refractivity contribution in [2.45, 2.75) is 33.1 Å². The maximum absolute atomic E-state index is 11.6. The summed E-state index contributed by atoms with van der Waals surface area (Å²) >= 11 is 0. The van der Waals surface area contributed by atoms with Gasteiger partial charge in [-0.1, -0.05) is 38.1 Å². The van der Waals surface area contributed by atoms with E-state index in [0.717, 1.165) is 18.2 Å². The van der Waals surface area contributed by atoms with Crippen LogP contribution < -0.4 is 0 Å². The van der Waals surface area contributed by atoms with Gasteiger partial charge >= 0.3 is 0 Å². The van der Waals surface area contributed by atoms with E-state index in [0.29, 0.717) is 5.92 Å². The molecule has 0 aliphatic rings. The molecule has 1 atom stereocenters. The van der Waals surface area contributed by atoms with Crippen molar-refractivity contribution in [1.82, 2.24) is 0 Å². The lowest BCUT2D eigenvalue weighted by Gasteiger charge is -2.14. The molecule has 1 rings (SSSR count). The number of hydrogen-bond donors (Lipinski definition) is 0. The van der Waals surface area contributed by atoms with Crippen molar-refractivity contribution >= 4 is 15.6 Å². The zero-order chi connectivity index (χ0) is 14.6. The molecule has 0 N–H and O–H groups in total. The number of benzene rings is 1. The Morgan fingerprint density at radius 2 is 1.68 bits per heavy atom. The van der Waals surface area contributed by atoms with Gasteiger partial charge in [0.1, 0.15) is 15.6 Å². The zero-order valence-electron chi connectivity index (χ0n) is 12.0. The van der Waals surface area contributed by atoms with Crippen LogP contribution in [0.15, 0.2) is 24.3 Å². The normalized spacial score (nSPS) is 13.5. The highest BCUT2D eigenvalue weighted by Crippen LogP contribution is 2.20. The number of ketones is 1. The number of Topliss-reactive ketones (excluding diaryl/α,β-unsaturated/α-hetero) is 1. The van der Waals surface area contributed by atoms with Crippen LogP contribution in [-0.2, 0) is 21.1 Å². The van der Waals surface area contributed by atoms with Crippen molar-refractivity contribution < 1.29 is 13.2 Å². The quantitative estimate of drug-likeness (QED) is 0.806. The molecule has 0 saturated heterocycles. The lowest BCUT2D eigenvalue weighted by atomic mass is 9.94. The predicted octanol–water partition coefficient (Wildman–Crippen LogP) is 2.60. The smallest absolute Gasteiger partial charge is 0.148 e. The first-order chi connectivity index (χ1) is 8.69. The van der Waals surface area contributed by atoms with E-state index in [2.05, 4.69) is 13.8 Å². The molecule has 0 amide bonds. The Bertz CT molecular complexity index is 527. The van der Waals surface area contributed by atoms with Crippen molar-refractivity contribution in [2.24, 2.45) is 5.92 Å². The molecule has 4 heteroatoms. The molecular formula is C15H22O3S. The van der Waals surface area contributed by atoms with Gasteiger partial charge in [0.2, 0.25) is 0 Å². The first-order valence-electron chi connectivity index (χ1n) is 6.46. The van der Waals surface area contributed by atoms with E-state index in [1.54, 1.807) is 0 Å². The third kappa shape index (κ3) is 5.55. The van der Waals surface area contributed by atoms with E-state index in [-0.39, 0.29) is 11.5 Å². The Hall–Kier alpha value is -1.16. The fraction of sp³-hybridized carbons (Fsp3) is 0.533. The highest BCUT2D eigenvalue weighted by molar-refractivity contribution is 7.90. The Morgan fingerprint density at radius 3 is 2.05 bits per heavy atom. The SMILES string of the molecule is CC(=O)[C@@H](CS(C)(=O)=O)c1ccc(CC(C)C)cc1. The topological polar surface area (TPSA) is 51.2 Å². The number of hydrogen-bond acceptors (Lipinski definition) is 3. The summed E-state index contributed by atoms with van der Waals surface area (Å²) in [5.41, 5.74) is 1.99. The summed E-state index contributed by atoms with van der Waals surface area (Å²) in [6.07, 6.45) is 2.15. The summed E-state index contributed by atoms with van der Waals surface area (Å²) in [6, 6.07) is 7.70. The summed E-state index contributed by atoms with van der Waals surface area (Å²) in [5, 5.41) is 0. The van der Waals surface area contributed by atoms with E-state index in [9.17, 15) is 13.2 Å². The number of carbonyl (C=O) groups excluding carboxylic acids is 1. The van der Waals surface area contributed by atoms with Gasteiger partial charge in [-0.2, -0.15) is 0 Å². The van der Waals surface area contributed by atoms with Crippen LogP contribution in [0.3, 0.4) is 0 Å². The van der Waals surface area contributed by atoms with Crippen LogP contribution in [0, 0.1) is 5.92 Å². The lowest BCUT2D eigenvalue weighted by molar-refractivity contribution is -0.118. The fourth-order valence-electron chi connectivity index (χ4n) is 2.11. The molecule has 0 radical (unpaired) electrons. The van der Waals surface area contributed by atoms with Gasteiger partial charge in [0, 0.05) is 6.26 Å². The largest absolute Gasteiger partial charge is 0.299 e. The molecule has 106 valence electrons. The maximum atomic E-state index is 11.6. The van der Waals surface area contributed by atoms with Crippen molar-refractivity contribution in [1.29, 1.82) is 0 Å². The number of sulfone groups is 1. The Balaban J connectivity index is 2.95. The molecular weight excluding hydrogens is 260 g/mol. The molecule has 0 aromatic heterocycles. The summed E-state index contributed by atoms with van der Waals surface area (Å²) in [4.78, 5) is 11.6. The number of rotatable bonds is 6. The van der Waals surface area contributed by atoms with Crippen LogP contribution in [0.4, 0.5) is 0 Å². The summed E-state index contributed by atoms with van der Waals surface area (Å²) in [6.45, 7) is 5.74. The second-order valence-electron chi connectivity index (χ2n) is 5.60. The van der Waals surface area contributed by atoms with Gasteiger partial charge in [-0.15, -0.1) is 0 Å². The molecule has 0 bridgehead atoms. The molecule has 1 aromatic carbocycles. The molecule has 3 nitrogen and oxygen atoms in total. The highest BCUT2D eigenvalue weighted by atomic mass is 32.2. The van der Waals surface area contributed by atoms with Crippen molar-refractivity contribution in [3.05, 3.63) is 35.4 Å². The van der Waals surface area contributed by atoms with Crippen molar-refractivity contribution in [2.75, 3.05) is 12.0 Å². The average Bonchev–Trinajstić information content (AvgIpc) is 2.25.